The van der Waals surface area contributed by atoms with E-state index < -0.39 is 13.0 Å². The van der Waals surface area contributed by atoms with Gasteiger partial charge in [0, 0.05) is 0 Å². The molecule has 0 aromatic heterocycles. The summed E-state index contributed by atoms with van der Waals surface area (Å²) >= 11 is 0. The van der Waals surface area contributed by atoms with Crippen LogP contribution in [0.15, 0.2) is 0 Å². The highest BCUT2D eigenvalue weighted by atomic mass is 16.6. The molecule has 0 aliphatic rings. The van der Waals surface area contributed by atoms with Crippen LogP contribution in [0.25, 0.3) is 0 Å². The number of hydrogen-bond donors (Lipinski definition) is 2. The van der Waals surface area contributed by atoms with Crippen LogP contribution < -0.4 is 10.8 Å². The Morgan fingerprint density at radius 3 is 2.57 bits per heavy atom. The molecular formula is C3H9NO3. The van der Waals surface area contributed by atoms with Crippen LogP contribution in [-0.2, 0) is 4.74 Å². The van der Waals surface area contributed by atoms with Gasteiger partial charge in [-0.25, -0.2) is 0 Å². The lowest BCUT2D eigenvalue weighted by atomic mass is 10.6. The van der Waals surface area contributed by atoms with Crippen molar-refractivity contribution in [3.05, 3.63) is 0 Å². The molecule has 4 N–H and O–H groups in total. The van der Waals surface area contributed by atoms with Crippen LogP contribution in [0.2, 0.25) is 0 Å². The van der Waals surface area contributed by atoms with Crippen molar-refractivity contribution in [1.82, 2.24) is 0 Å². The lowest BCUT2D eigenvalue weighted by Gasteiger charge is -2.07. The molecule has 0 bridgehead atoms. The van der Waals surface area contributed by atoms with Gasteiger partial charge < -0.3 is 20.7 Å². The number of hydrogen-bond acceptors (Lipinski definition) is 3. The molecule has 0 aromatic rings. The molecule has 1 atom stereocenters. The average molecular weight is 107 g/mol. The topological polar surface area (TPSA) is 80.2 Å². The summed E-state index contributed by atoms with van der Waals surface area (Å²) in [4.78, 5) is 0. The van der Waals surface area contributed by atoms with Gasteiger partial charge in [0.05, 0.1) is 0 Å². The number of aliphatic hydroxyl groups excluding tert-OH is 1. The fourth-order valence-electron chi connectivity index (χ4n) is 0.149. The minimum absolute atomic E-state index is 0.192. The number of ether oxygens (including phenoxy) is 1. The Balaban J connectivity index is 2.83. The normalized spacial score (nSPS) is 14.1. The van der Waals surface area contributed by atoms with E-state index >= 15 is 0 Å². The van der Waals surface area contributed by atoms with Gasteiger partial charge in [-0.15, -0.1) is 0 Å². The standard InChI is InChI=1S/C3H8NO3/c4-3(1-5)7-2-6/h3,5H,1-2,4H2/q-1/p+1/t3-/m1/s1. The van der Waals surface area contributed by atoms with Gasteiger partial charge in [0.15, 0.2) is 0 Å². The summed E-state index contributed by atoms with van der Waals surface area (Å²) in [5.74, 6) is 0. The number of quaternary nitrogens is 1. The molecule has 7 heavy (non-hydrogen) atoms. The summed E-state index contributed by atoms with van der Waals surface area (Å²) in [6.45, 7) is -0.822. The quantitative estimate of drug-likeness (QED) is 0.374. The van der Waals surface area contributed by atoms with Crippen LogP contribution in [0.3, 0.4) is 0 Å². The molecule has 44 valence electrons. The molecule has 0 saturated heterocycles. The van der Waals surface area contributed by atoms with E-state index in [4.69, 9.17) is 5.11 Å². The first kappa shape index (κ1) is 6.84. The van der Waals surface area contributed by atoms with Crippen molar-refractivity contribution in [3.63, 3.8) is 0 Å². The van der Waals surface area contributed by atoms with Crippen LogP contribution >= 0.6 is 0 Å². The molecular weight excluding hydrogens is 98.0 g/mol. The molecule has 4 heteroatoms. The average Bonchev–Trinajstić information content (AvgIpc) is 1.68. The first-order valence-electron chi connectivity index (χ1n) is 1.95. The van der Waals surface area contributed by atoms with Gasteiger partial charge in [-0.3, -0.25) is 0 Å². The third-order valence-corrected chi connectivity index (χ3v) is 0.507. The molecule has 0 aromatic carbocycles. The van der Waals surface area contributed by atoms with Gasteiger partial charge >= 0.3 is 0 Å². The Morgan fingerprint density at radius 2 is 2.43 bits per heavy atom. The maximum Gasteiger partial charge on any atom is 0.210 e. The van der Waals surface area contributed by atoms with Crippen LogP contribution in [0.4, 0.5) is 0 Å². The second-order valence-corrected chi connectivity index (χ2v) is 1.09. The first-order valence-corrected chi connectivity index (χ1v) is 1.95. The van der Waals surface area contributed by atoms with E-state index in [0.717, 1.165) is 0 Å². The van der Waals surface area contributed by atoms with Gasteiger partial charge in [0.2, 0.25) is 6.23 Å². The predicted octanol–water partition coefficient (Wildman–Crippen LogP) is -3.12. The zero-order valence-electron chi connectivity index (χ0n) is 3.96. The maximum atomic E-state index is 9.53. The van der Waals surface area contributed by atoms with Crippen molar-refractivity contribution in [1.29, 1.82) is 0 Å². The van der Waals surface area contributed by atoms with Gasteiger partial charge in [-0.2, -0.15) is 0 Å². The molecule has 0 amide bonds. The molecule has 0 spiro atoms. The largest absolute Gasteiger partial charge is 0.834 e. The van der Waals surface area contributed by atoms with E-state index in [-0.39, 0.29) is 6.61 Å². The zero-order valence-corrected chi connectivity index (χ0v) is 3.96. The third-order valence-electron chi connectivity index (χ3n) is 0.507. The van der Waals surface area contributed by atoms with Crippen molar-refractivity contribution in [2.75, 3.05) is 13.4 Å². The Labute approximate surface area is 41.5 Å². The SMILES string of the molecule is [NH3+][C@@H](CO)OC[O-]. The summed E-state index contributed by atoms with van der Waals surface area (Å²) in [5, 5.41) is 17.7. The third kappa shape index (κ3) is 3.68. The highest BCUT2D eigenvalue weighted by molar-refractivity contribution is 4.24. The molecule has 0 fully saturated rings. The van der Waals surface area contributed by atoms with Crippen LogP contribution in [0.5, 0.6) is 0 Å². The molecule has 0 radical (unpaired) electrons. The second kappa shape index (κ2) is 4.01. The number of rotatable bonds is 3. The summed E-state index contributed by atoms with van der Waals surface area (Å²) in [6.07, 6.45) is -0.558. The van der Waals surface area contributed by atoms with E-state index in [1.54, 1.807) is 0 Å². The fourth-order valence-corrected chi connectivity index (χ4v) is 0.149. The predicted molar refractivity (Wildman–Crippen MR) is 19.7 cm³/mol. The van der Waals surface area contributed by atoms with E-state index in [0.29, 0.717) is 0 Å². The lowest BCUT2D eigenvalue weighted by Crippen LogP contribution is -2.64. The molecule has 0 rings (SSSR count). The van der Waals surface area contributed by atoms with E-state index in [1.165, 1.54) is 0 Å². The summed E-state index contributed by atoms with van der Waals surface area (Å²) < 4.78 is 4.27. The summed E-state index contributed by atoms with van der Waals surface area (Å²) in [7, 11) is 0. The minimum atomic E-state index is -0.630. The molecule has 0 unspecified atom stereocenters. The highest BCUT2D eigenvalue weighted by Crippen LogP contribution is 1.69. The van der Waals surface area contributed by atoms with E-state index in [9.17, 15) is 5.11 Å². The minimum Gasteiger partial charge on any atom is -0.834 e. The molecule has 4 nitrogen and oxygen atoms in total. The fraction of sp³-hybridized carbons (Fsp3) is 1.00. The molecule has 0 saturated carbocycles. The first-order chi connectivity index (χ1) is 3.31. The van der Waals surface area contributed by atoms with Gasteiger partial charge in [-0.1, -0.05) is 0 Å². The van der Waals surface area contributed by atoms with Crippen LogP contribution in [0, 0.1) is 0 Å². The monoisotopic (exact) mass is 107 g/mol. The Bertz CT molecular complexity index is 41.2. The van der Waals surface area contributed by atoms with Gasteiger partial charge in [-0.05, 0) is 6.79 Å². The molecule has 0 aliphatic heterocycles. The molecule has 0 aliphatic carbocycles. The Morgan fingerprint density at radius 1 is 1.86 bits per heavy atom. The number of aliphatic hydroxyl groups is 1. The van der Waals surface area contributed by atoms with Crippen molar-refractivity contribution in [2.24, 2.45) is 0 Å². The maximum absolute atomic E-state index is 9.53. The smallest absolute Gasteiger partial charge is 0.210 e. The van der Waals surface area contributed by atoms with Crippen molar-refractivity contribution in [3.8, 4) is 0 Å². The second-order valence-electron chi connectivity index (χ2n) is 1.09. The van der Waals surface area contributed by atoms with Crippen molar-refractivity contribution in [2.45, 2.75) is 6.23 Å². The van der Waals surface area contributed by atoms with Crippen molar-refractivity contribution >= 4 is 0 Å². The van der Waals surface area contributed by atoms with E-state index in [2.05, 4.69) is 10.5 Å². The van der Waals surface area contributed by atoms with E-state index in [1.807, 2.05) is 0 Å². The highest BCUT2D eigenvalue weighted by Gasteiger charge is 1.96. The lowest BCUT2D eigenvalue weighted by molar-refractivity contribution is -0.544. The Hall–Kier alpha value is -0.160. The van der Waals surface area contributed by atoms with Gasteiger partial charge in [0.1, 0.15) is 6.61 Å². The van der Waals surface area contributed by atoms with Crippen LogP contribution in [0.1, 0.15) is 0 Å². The summed E-state index contributed by atoms with van der Waals surface area (Å²) in [5.41, 5.74) is 3.27. The zero-order chi connectivity index (χ0) is 5.70. The van der Waals surface area contributed by atoms with Gasteiger partial charge in [0.25, 0.3) is 0 Å². The van der Waals surface area contributed by atoms with Crippen LogP contribution in [-0.4, -0.2) is 24.7 Å². The van der Waals surface area contributed by atoms with Crippen molar-refractivity contribution < 1.29 is 20.7 Å². The summed E-state index contributed by atoms with van der Waals surface area (Å²) in [6, 6.07) is 0. The Kier molecular flexibility index (Phi) is 3.92. The molecule has 0 heterocycles.